The van der Waals surface area contributed by atoms with E-state index < -0.39 is 10.0 Å². The molecule has 75 valence electrons. The van der Waals surface area contributed by atoms with Crippen molar-refractivity contribution in [3.63, 3.8) is 0 Å². The zero-order chi connectivity index (χ0) is 10.6. The lowest BCUT2D eigenvalue weighted by Gasteiger charge is -2.01. The zero-order valence-corrected chi connectivity index (χ0v) is 9.07. The first kappa shape index (κ1) is 11.3. The molecule has 0 fully saturated rings. The third-order valence-corrected chi connectivity index (χ3v) is 2.52. The van der Waals surface area contributed by atoms with Gasteiger partial charge in [-0.15, -0.1) is 0 Å². The van der Waals surface area contributed by atoms with Crippen molar-refractivity contribution in [3.8, 4) is 0 Å². The van der Waals surface area contributed by atoms with E-state index in [-0.39, 0.29) is 5.75 Å². The Kier molecular flexibility index (Phi) is 3.74. The second-order valence-electron chi connectivity index (χ2n) is 2.95. The number of sulfonamides is 1. The Morgan fingerprint density at radius 3 is 2.57 bits per heavy atom. The van der Waals surface area contributed by atoms with E-state index in [1.165, 1.54) is 0 Å². The fraction of sp³-hybridized carbons (Fsp3) is 0.222. The van der Waals surface area contributed by atoms with Crippen LogP contribution in [0.15, 0.2) is 24.3 Å². The summed E-state index contributed by atoms with van der Waals surface area (Å²) in [5, 5.41) is 7.50. The van der Waals surface area contributed by atoms with Gasteiger partial charge in [0.1, 0.15) is 0 Å². The fourth-order valence-corrected chi connectivity index (χ4v) is 1.96. The van der Waals surface area contributed by atoms with Gasteiger partial charge in [-0.05, 0) is 11.1 Å². The molecule has 3 nitrogen and oxygen atoms in total. The highest BCUT2D eigenvalue weighted by Gasteiger charge is 2.04. The minimum atomic E-state index is -3.46. The molecule has 0 aliphatic heterocycles. The van der Waals surface area contributed by atoms with Crippen LogP contribution in [0.1, 0.15) is 11.1 Å². The van der Waals surface area contributed by atoms with Crippen LogP contribution in [0.25, 0.3) is 0 Å². The van der Waals surface area contributed by atoms with Crippen LogP contribution in [0.3, 0.4) is 0 Å². The Balaban J connectivity index is 2.88. The second kappa shape index (κ2) is 4.63. The van der Waals surface area contributed by atoms with Crippen molar-refractivity contribution in [2.75, 3.05) is 0 Å². The minimum Gasteiger partial charge on any atom is -0.228 e. The molecular weight excluding hydrogens is 218 g/mol. The average molecular weight is 228 g/mol. The lowest BCUT2D eigenvalue weighted by molar-refractivity contribution is 0.597. The molecule has 0 saturated carbocycles. The van der Waals surface area contributed by atoms with E-state index in [0.717, 1.165) is 5.56 Å². The predicted octanol–water partition coefficient (Wildman–Crippen LogP) is 0.894. The van der Waals surface area contributed by atoms with Gasteiger partial charge in [0.2, 0.25) is 10.0 Å². The highest BCUT2D eigenvalue weighted by molar-refractivity contribution is 7.88. The first-order valence-electron chi connectivity index (χ1n) is 3.94. The van der Waals surface area contributed by atoms with Crippen molar-refractivity contribution in [2.45, 2.75) is 12.2 Å². The second-order valence-corrected chi connectivity index (χ2v) is 4.85. The molecule has 0 bridgehead atoms. The van der Waals surface area contributed by atoms with Crippen LogP contribution in [0, 0.1) is 0 Å². The number of hydrogen-bond donors (Lipinski definition) is 1. The summed E-state index contributed by atoms with van der Waals surface area (Å²) in [4.78, 5) is 0. The number of hydrogen-bond acceptors (Lipinski definition) is 3. The molecule has 1 aromatic carbocycles. The molecule has 0 aliphatic carbocycles. The van der Waals surface area contributed by atoms with Crippen LogP contribution >= 0.6 is 12.2 Å². The van der Waals surface area contributed by atoms with Crippen molar-refractivity contribution >= 4 is 27.6 Å². The molecular formula is C9H10NO2S2. The lowest BCUT2D eigenvalue weighted by Crippen LogP contribution is -2.14. The van der Waals surface area contributed by atoms with Gasteiger partial charge in [-0.1, -0.05) is 36.5 Å². The zero-order valence-electron chi connectivity index (χ0n) is 7.43. The van der Waals surface area contributed by atoms with Gasteiger partial charge in [-0.3, -0.25) is 0 Å². The lowest BCUT2D eigenvalue weighted by atomic mass is 10.1. The van der Waals surface area contributed by atoms with E-state index in [1.54, 1.807) is 18.2 Å². The summed E-state index contributed by atoms with van der Waals surface area (Å²) in [6.45, 7) is 0. The van der Waals surface area contributed by atoms with Crippen LogP contribution in [0.2, 0.25) is 0 Å². The van der Waals surface area contributed by atoms with Gasteiger partial charge in [-0.2, -0.15) is 0 Å². The smallest absolute Gasteiger partial charge is 0.213 e. The maximum absolute atomic E-state index is 10.8. The summed E-state index contributed by atoms with van der Waals surface area (Å²) >= 11 is 4.59. The van der Waals surface area contributed by atoms with Gasteiger partial charge >= 0.3 is 0 Å². The Hall–Kier alpha value is -0.780. The third kappa shape index (κ3) is 3.95. The van der Waals surface area contributed by atoms with E-state index in [0.29, 0.717) is 12.0 Å². The summed E-state index contributed by atoms with van der Waals surface area (Å²) in [7, 11) is -3.46. The summed E-state index contributed by atoms with van der Waals surface area (Å²) < 4.78 is 21.6. The average Bonchev–Trinajstić information content (AvgIpc) is 2.02. The van der Waals surface area contributed by atoms with Crippen molar-refractivity contribution in [2.24, 2.45) is 5.14 Å². The summed E-state index contributed by atoms with van der Waals surface area (Å²) in [6.07, 6.45) is 0.536. The van der Waals surface area contributed by atoms with Gasteiger partial charge < -0.3 is 0 Å². The molecule has 0 aromatic heterocycles. The van der Waals surface area contributed by atoms with Gasteiger partial charge in [0.15, 0.2) is 0 Å². The highest BCUT2D eigenvalue weighted by Crippen LogP contribution is 2.07. The summed E-state index contributed by atoms with van der Waals surface area (Å²) in [6, 6.07) is 7.13. The van der Waals surface area contributed by atoms with Crippen molar-refractivity contribution in [3.05, 3.63) is 35.4 Å². The molecule has 0 spiro atoms. The topological polar surface area (TPSA) is 60.2 Å². The number of primary sulfonamides is 1. The molecule has 0 aliphatic rings. The van der Waals surface area contributed by atoms with Crippen molar-refractivity contribution in [1.82, 2.24) is 0 Å². The first-order chi connectivity index (χ1) is 6.51. The van der Waals surface area contributed by atoms with Gasteiger partial charge in [0.25, 0.3) is 0 Å². The van der Waals surface area contributed by atoms with E-state index in [1.807, 2.05) is 6.07 Å². The highest BCUT2D eigenvalue weighted by atomic mass is 32.2. The van der Waals surface area contributed by atoms with Crippen LogP contribution in [-0.4, -0.2) is 13.8 Å². The Morgan fingerprint density at radius 1 is 1.36 bits per heavy atom. The number of thiocarbonyl (C=S) groups is 1. The molecule has 14 heavy (non-hydrogen) atoms. The van der Waals surface area contributed by atoms with Crippen molar-refractivity contribution in [1.29, 1.82) is 0 Å². The summed E-state index contributed by atoms with van der Waals surface area (Å²) in [5.41, 5.74) is 1.62. The Morgan fingerprint density at radius 2 is 2.00 bits per heavy atom. The number of rotatable bonds is 4. The standard InChI is InChI=1S/C9H10NO2S2/c10-14(11,12)7-9-3-1-2-8(6-9)4-5-13/h1-3,6H,4,7H2,(H2,10,11,12). The molecule has 0 atom stereocenters. The van der Waals surface area contributed by atoms with Gasteiger partial charge in [-0.25, -0.2) is 13.6 Å². The molecule has 1 radical (unpaired) electrons. The molecule has 5 heteroatoms. The molecule has 0 amide bonds. The molecule has 1 rings (SSSR count). The Bertz CT molecular complexity index is 426. The first-order valence-corrected chi connectivity index (χ1v) is 6.07. The molecule has 0 saturated heterocycles. The van der Waals surface area contributed by atoms with Gasteiger partial charge in [0.05, 0.1) is 5.75 Å². The van der Waals surface area contributed by atoms with Crippen LogP contribution in [0.4, 0.5) is 0 Å². The molecule has 2 N–H and O–H groups in total. The maximum atomic E-state index is 10.8. The minimum absolute atomic E-state index is 0.141. The number of benzene rings is 1. The van der Waals surface area contributed by atoms with E-state index in [4.69, 9.17) is 5.14 Å². The van der Waals surface area contributed by atoms with E-state index >= 15 is 0 Å². The Labute approximate surface area is 89.0 Å². The van der Waals surface area contributed by atoms with E-state index in [9.17, 15) is 8.42 Å². The van der Waals surface area contributed by atoms with Crippen LogP contribution in [0.5, 0.6) is 0 Å². The monoisotopic (exact) mass is 228 g/mol. The SMILES string of the molecule is NS(=O)(=O)Cc1cccc(C[C]=S)c1. The van der Waals surface area contributed by atoms with Crippen molar-refractivity contribution < 1.29 is 8.42 Å². The molecule has 1 aromatic rings. The number of nitrogens with two attached hydrogens (primary N) is 1. The maximum Gasteiger partial charge on any atom is 0.213 e. The molecule has 0 heterocycles. The van der Waals surface area contributed by atoms with Gasteiger partial charge in [0, 0.05) is 11.8 Å². The quantitative estimate of drug-likeness (QED) is 0.779. The van der Waals surface area contributed by atoms with E-state index in [2.05, 4.69) is 17.6 Å². The van der Waals surface area contributed by atoms with Crippen LogP contribution < -0.4 is 5.14 Å². The van der Waals surface area contributed by atoms with Crippen LogP contribution in [-0.2, 0) is 22.2 Å². The molecule has 0 unspecified atom stereocenters. The third-order valence-electron chi connectivity index (χ3n) is 1.64. The normalized spacial score (nSPS) is 11.2. The fourth-order valence-electron chi connectivity index (χ4n) is 1.15. The predicted molar refractivity (Wildman–Crippen MR) is 59.6 cm³/mol. The largest absolute Gasteiger partial charge is 0.228 e. The summed E-state index contributed by atoms with van der Waals surface area (Å²) in [5.74, 6) is -0.141.